The Morgan fingerprint density at radius 1 is 1.22 bits per heavy atom. The Hall–Kier alpha value is -1.39. The van der Waals surface area contributed by atoms with Crippen molar-refractivity contribution in [1.82, 2.24) is 0 Å². The molecule has 1 aromatic rings. The first kappa shape index (κ1) is 14.7. The van der Waals surface area contributed by atoms with Gasteiger partial charge in [0.1, 0.15) is 12.6 Å². The van der Waals surface area contributed by atoms with Crippen LogP contribution in [0.3, 0.4) is 0 Å². The van der Waals surface area contributed by atoms with E-state index in [1.54, 1.807) is 0 Å². The fourth-order valence-electron chi connectivity index (χ4n) is 1.48. The van der Waals surface area contributed by atoms with E-state index in [1.807, 2.05) is 44.2 Å². The van der Waals surface area contributed by atoms with E-state index in [1.165, 1.54) is 0 Å². The van der Waals surface area contributed by atoms with Gasteiger partial charge < -0.3 is 15.2 Å². The van der Waals surface area contributed by atoms with Gasteiger partial charge in [0.2, 0.25) is 0 Å². The van der Waals surface area contributed by atoms with Gasteiger partial charge in [0.25, 0.3) is 0 Å². The van der Waals surface area contributed by atoms with Gasteiger partial charge in [-0.3, -0.25) is 4.79 Å². The van der Waals surface area contributed by atoms with Gasteiger partial charge >= 0.3 is 5.97 Å². The van der Waals surface area contributed by atoms with Crippen LogP contribution in [-0.4, -0.2) is 31.3 Å². The van der Waals surface area contributed by atoms with Crippen LogP contribution in [0.1, 0.15) is 19.4 Å². The van der Waals surface area contributed by atoms with Gasteiger partial charge in [-0.15, -0.1) is 0 Å². The summed E-state index contributed by atoms with van der Waals surface area (Å²) in [5, 5.41) is 0. The third-order valence-electron chi connectivity index (χ3n) is 2.38. The lowest BCUT2D eigenvalue weighted by atomic mass is 10.1. The van der Waals surface area contributed by atoms with Crippen molar-refractivity contribution in [3.05, 3.63) is 35.9 Å². The number of benzene rings is 1. The molecule has 0 fully saturated rings. The third kappa shape index (κ3) is 5.80. The number of hydrogen-bond acceptors (Lipinski definition) is 4. The van der Waals surface area contributed by atoms with Gasteiger partial charge in [0.15, 0.2) is 0 Å². The normalized spacial score (nSPS) is 12.4. The first-order valence-corrected chi connectivity index (χ1v) is 6.17. The molecule has 0 aliphatic carbocycles. The molecule has 0 saturated heterocycles. The standard InChI is InChI=1S/C14H21NO3/c1-11(2)17-8-9-18-14(16)13(15)10-12-6-4-3-5-7-12/h3-7,11,13H,8-10,15H2,1-2H3/t13-/m1/s1. The molecule has 0 amide bonds. The van der Waals surface area contributed by atoms with Crippen molar-refractivity contribution in [2.45, 2.75) is 32.4 Å². The van der Waals surface area contributed by atoms with Crippen molar-refractivity contribution in [2.75, 3.05) is 13.2 Å². The monoisotopic (exact) mass is 251 g/mol. The van der Waals surface area contributed by atoms with Gasteiger partial charge in [-0.1, -0.05) is 30.3 Å². The van der Waals surface area contributed by atoms with Crippen LogP contribution >= 0.6 is 0 Å². The number of carbonyl (C=O) groups is 1. The van der Waals surface area contributed by atoms with E-state index in [0.717, 1.165) is 5.56 Å². The summed E-state index contributed by atoms with van der Waals surface area (Å²) in [5.74, 6) is -0.383. The summed E-state index contributed by atoms with van der Waals surface area (Å²) in [6.45, 7) is 4.52. The Labute approximate surface area is 108 Å². The molecule has 0 saturated carbocycles. The van der Waals surface area contributed by atoms with E-state index in [4.69, 9.17) is 15.2 Å². The average molecular weight is 251 g/mol. The molecule has 0 spiro atoms. The third-order valence-corrected chi connectivity index (χ3v) is 2.38. The quantitative estimate of drug-likeness (QED) is 0.589. The van der Waals surface area contributed by atoms with Crippen LogP contribution in [0.15, 0.2) is 30.3 Å². The summed E-state index contributed by atoms with van der Waals surface area (Å²) in [6, 6.07) is 9.03. The zero-order chi connectivity index (χ0) is 13.4. The first-order chi connectivity index (χ1) is 8.59. The number of rotatable bonds is 7. The molecule has 0 aliphatic heterocycles. The SMILES string of the molecule is CC(C)OCCOC(=O)[C@H](N)Cc1ccccc1. The molecule has 0 aliphatic rings. The van der Waals surface area contributed by atoms with Gasteiger partial charge in [-0.25, -0.2) is 0 Å². The highest BCUT2D eigenvalue weighted by molar-refractivity contribution is 5.75. The van der Waals surface area contributed by atoms with Crippen molar-refractivity contribution in [1.29, 1.82) is 0 Å². The number of ether oxygens (including phenoxy) is 2. The van der Waals surface area contributed by atoms with E-state index < -0.39 is 6.04 Å². The number of nitrogens with two attached hydrogens (primary N) is 1. The van der Waals surface area contributed by atoms with Crippen LogP contribution in [-0.2, 0) is 20.7 Å². The lowest BCUT2D eigenvalue weighted by Crippen LogP contribution is -2.35. The molecule has 0 unspecified atom stereocenters. The summed E-state index contributed by atoms with van der Waals surface area (Å²) < 4.78 is 10.3. The molecule has 0 aromatic heterocycles. The Bertz CT molecular complexity index is 351. The molecular weight excluding hydrogens is 230 g/mol. The van der Waals surface area contributed by atoms with Gasteiger partial charge in [-0.05, 0) is 25.8 Å². The van der Waals surface area contributed by atoms with Crippen LogP contribution in [0, 0.1) is 0 Å². The molecule has 1 aromatic carbocycles. The molecule has 18 heavy (non-hydrogen) atoms. The maximum atomic E-state index is 11.6. The lowest BCUT2D eigenvalue weighted by Gasteiger charge is -2.12. The topological polar surface area (TPSA) is 61.5 Å². The Kier molecular flexibility index (Phi) is 6.39. The van der Waals surface area contributed by atoms with Gasteiger partial charge in [0.05, 0.1) is 12.7 Å². The molecule has 0 heterocycles. The second kappa shape index (κ2) is 7.84. The van der Waals surface area contributed by atoms with Crippen LogP contribution < -0.4 is 5.73 Å². The molecule has 0 radical (unpaired) electrons. The second-order valence-electron chi connectivity index (χ2n) is 4.38. The summed E-state index contributed by atoms with van der Waals surface area (Å²) in [6.07, 6.45) is 0.631. The predicted molar refractivity (Wildman–Crippen MR) is 70.2 cm³/mol. The van der Waals surface area contributed by atoms with Crippen molar-refractivity contribution in [3.63, 3.8) is 0 Å². The Morgan fingerprint density at radius 3 is 2.50 bits per heavy atom. The number of hydrogen-bond donors (Lipinski definition) is 1. The molecule has 4 heteroatoms. The second-order valence-corrected chi connectivity index (χ2v) is 4.38. The number of esters is 1. The summed E-state index contributed by atoms with van der Waals surface area (Å²) >= 11 is 0. The highest BCUT2D eigenvalue weighted by Crippen LogP contribution is 2.03. The van der Waals surface area contributed by atoms with E-state index >= 15 is 0 Å². The van der Waals surface area contributed by atoms with Crippen LogP contribution in [0.2, 0.25) is 0 Å². The lowest BCUT2D eigenvalue weighted by molar-refractivity contribution is -0.147. The summed E-state index contributed by atoms with van der Waals surface area (Å²) in [5.41, 5.74) is 6.80. The van der Waals surface area contributed by atoms with Crippen molar-refractivity contribution < 1.29 is 14.3 Å². The molecular formula is C14H21NO3. The largest absolute Gasteiger partial charge is 0.462 e. The van der Waals surface area contributed by atoms with Crippen LogP contribution in [0.4, 0.5) is 0 Å². The number of carbonyl (C=O) groups excluding carboxylic acids is 1. The minimum atomic E-state index is -0.619. The van der Waals surface area contributed by atoms with Crippen molar-refractivity contribution in [3.8, 4) is 0 Å². The van der Waals surface area contributed by atoms with E-state index in [-0.39, 0.29) is 18.7 Å². The molecule has 2 N–H and O–H groups in total. The maximum Gasteiger partial charge on any atom is 0.323 e. The van der Waals surface area contributed by atoms with Crippen LogP contribution in [0.5, 0.6) is 0 Å². The minimum Gasteiger partial charge on any atom is -0.462 e. The van der Waals surface area contributed by atoms with Gasteiger partial charge in [-0.2, -0.15) is 0 Å². The predicted octanol–water partition coefficient (Wildman–Crippen LogP) is 1.52. The van der Waals surface area contributed by atoms with E-state index in [0.29, 0.717) is 13.0 Å². The van der Waals surface area contributed by atoms with Crippen LogP contribution in [0.25, 0.3) is 0 Å². The first-order valence-electron chi connectivity index (χ1n) is 6.17. The molecule has 0 bridgehead atoms. The molecule has 4 nitrogen and oxygen atoms in total. The molecule has 1 atom stereocenters. The van der Waals surface area contributed by atoms with Gasteiger partial charge in [0, 0.05) is 0 Å². The minimum absolute atomic E-state index is 0.140. The summed E-state index contributed by atoms with van der Waals surface area (Å²) in [4.78, 5) is 11.6. The van der Waals surface area contributed by atoms with Crippen molar-refractivity contribution >= 4 is 5.97 Å². The zero-order valence-corrected chi connectivity index (χ0v) is 11.0. The zero-order valence-electron chi connectivity index (χ0n) is 11.0. The molecule has 100 valence electrons. The van der Waals surface area contributed by atoms with Crippen molar-refractivity contribution in [2.24, 2.45) is 5.73 Å². The Morgan fingerprint density at radius 2 is 1.89 bits per heavy atom. The molecule has 1 rings (SSSR count). The fourth-order valence-corrected chi connectivity index (χ4v) is 1.48. The summed E-state index contributed by atoms with van der Waals surface area (Å²) in [7, 11) is 0. The highest BCUT2D eigenvalue weighted by Gasteiger charge is 2.15. The maximum absolute atomic E-state index is 11.6. The highest BCUT2D eigenvalue weighted by atomic mass is 16.6. The average Bonchev–Trinajstić information content (AvgIpc) is 2.35. The van der Waals surface area contributed by atoms with E-state index in [9.17, 15) is 4.79 Å². The fraction of sp³-hybridized carbons (Fsp3) is 0.500. The Balaban J connectivity index is 2.25. The van der Waals surface area contributed by atoms with E-state index in [2.05, 4.69) is 0 Å². The smallest absolute Gasteiger partial charge is 0.323 e.